The fourth-order valence-electron chi connectivity index (χ4n) is 4.79. The molecular weight excluding hydrogens is 428 g/mol. The fourth-order valence-corrected chi connectivity index (χ4v) is 4.79. The topological polar surface area (TPSA) is 127 Å². The Morgan fingerprint density at radius 3 is 2.33 bits per heavy atom. The van der Waals surface area contributed by atoms with Crippen molar-refractivity contribution in [1.82, 2.24) is 0 Å². The van der Waals surface area contributed by atoms with Gasteiger partial charge in [0.15, 0.2) is 0 Å². The molecular formula is C25H22O8. The number of esters is 1. The third-order valence-corrected chi connectivity index (χ3v) is 6.24. The van der Waals surface area contributed by atoms with Crippen LogP contribution in [0.1, 0.15) is 45.3 Å². The van der Waals surface area contributed by atoms with Crippen LogP contribution in [0.3, 0.4) is 0 Å². The smallest absolute Gasteiger partial charge is 0.338 e. The van der Waals surface area contributed by atoms with Crippen molar-refractivity contribution in [1.29, 1.82) is 0 Å². The molecule has 0 aromatic heterocycles. The molecule has 8 heteroatoms. The lowest BCUT2D eigenvalue weighted by Gasteiger charge is -2.45. The van der Waals surface area contributed by atoms with Gasteiger partial charge in [0.05, 0.1) is 23.3 Å². The molecule has 0 saturated heterocycles. The van der Waals surface area contributed by atoms with Crippen molar-refractivity contribution in [3.05, 3.63) is 77.4 Å². The first-order valence-electron chi connectivity index (χ1n) is 10.4. The average molecular weight is 450 g/mol. The van der Waals surface area contributed by atoms with Gasteiger partial charge in [0.25, 0.3) is 0 Å². The average Bonchev–Trinajstić information content (AvgIpc) is 2.80. The maximum Gasteiger partial charge on any atom is 0.338 e. The molecule has 2 aromatic carbocycles. The number of rotatable bonds is 8. The summed E-state index contributed by atoms with van der Waals surface area (Å²) in [6.07, 6.45) is 1.51. The second kappa shape index (κ2) is 8.90. The molecule has 0 amide bonds. The van der Waals surface area contributed by atoms with Crippen molar-refractivity contribution < 1.29 is 38.9 Å². The highest BCUT2D eigenvalue weighted by atomic mass is 16.5. The monoisotopic (exact) mass is 450 g/mol. The molecule has 2 N–H and O–H groups in total. The minimum absolute atomic E-state index is 0.0280. The van der Waals surface area contributed by atoms with Gasteiger partial charge in [-0.15, -0.1) is 0 Å². The fraction of sp³-hybridized carbons (Fsp3) is 0.280. The van der Waals surface area contributed by atoms with Gasteiger partial charge < -0.3 is 19.7 Å². The molecule has 0 aliphatic heterocycles. The van der Waals surface area contributed by atoms with Crippen molar-refractivity contribution in [3.63, 3.8) is 0 Å². The summed E-state index contributed by atoms with van der Waals surface area (Å²) in [4.78, 5) is 48.1. The number of carbonyl (C=O) groups is 4. The molecule has 3 aliphatic carbocycles. The number of aliphatic carboxylic acids is 2. The van der Waals surface area contributed by atoms with E-state index in [2.05, 4.69) is 6.58 Å². The summed E-state index contributed by atoms with van der Waals surface area (Å²) in [6.45, 7) is 3.80. The van der Waals surface area contributed by atoms with Crippen LogP contribution in [0.5, 0.6) is 5.75 Å². The Labute approximate surface area is 189 Å². The number of ether oxygens (including phenoxy) is 2. The Bertz CT molecular complexity index is 1130. The van der Waals surface area contributed by atoms with Gasteiger partial charge in [-0.1, -0.05) is 30.9 Å². The predicted molar refractivity (Wildman–Crippen MR) is 115 cm³/mol. The Balaban J connectivity index is 1.52. The van der Waals surface area contributed by atoms with E-state index >= 15 is 0 Å². The standard InChI is InChI=1S/C25H22O8/c1-2-9-32-25(31)14-5-3-13(4-6-14)12-33-15-7-8-16-17(10-15)20-19(26)11-18(16)21(23(27)28)22(20)24(29)30/h2-8,10,18,20-22H,1,9,11-12H2,(H,27,28)(H,29,30). The number of ketones is 1. The van der Waals surface area contributed by atoms with Crippen LogP contribution in [0.4, 0.5) is 0 Å². The van der Waals surface area contributed by atoms with Crippen LogP contribution in [0, 0.1) is 11.8 Å². The van der Waals surface area contributed by atoms with Gasteiger partial charge in [-0.25, -0.2) is 4.79 Å². The Kier molecular flexibility index (Phi) is 6.00. The first kappa shape index (κ1) is 22.3. The molecule has 2 aromatic rings. The lowest BCUT2D eigenvalue weighted by atomic mass is 9.55. The summed E-state index contributed by atoms with van der Waals surface area (Å²) in [5.74, 6) is -6.86. The van der Waals surface area contributed by atoms with Crippen LogP contribution < -0.4 is 4.74 Å². The van der Waals surface area contributed by atoms with Crippen LogP contribution >= 0.6 is 0 Å². The summed E-state index contributed by atoms with van der Waals surface area (Å²) in [5, 5.41) is 19.3. The molecule has 33 heavy (non-hydrogen) atoms. The first-order chi connectivity index (χ1) is 15.8. The molecule has 0 spiro atoms. The molecule has 0 heterocycles. The number of benzene rings is 2. The number of carboxylic acids is 2. The highest BCUT2D eigenvalue weighted by Gasteiger charge is 2.57. The second-order valence-corrected chi connectivity index (χ2v) is 8.15. The third kappa shape index (κ3) is 4.11. The highest BCUT2D eigenvalue weighted by molar-refractivity contribution is 5.98. The van der Waals surface area contributed by atoms with Crippen molar-refractivity contribution in [2.24, 2.45) is 11.8 Å². The van der Waals surface area contributed by atoms with Crippen molar-refractivity contribution in [2.45, 2.75) is 24.9 Å². The lowest BCUT2D eigenvalue weighted by Crippen LogP contribution is -2.49. The van der Waals surface area contributed by atoms with Crippen molar-refractivity contribution in [2.75, 3.05) is 6.61 Å². The molecule has 0 radical (unpaired) electrons. The third-order valence-electron chi connectivity index (χ3n) is 6.24. The molecule has 2 bridgehead atoms. The number of hydrogen-bond donors (Lipinski definition) is 2. The first-order valence-corrected chi connectivity index (χ1v) is 10.4. The van der Waals surface area contributed by atoms with E-state index in [1.54, 1.807) is 42.5 Å². The Hall–Kier alpha value is -3.94. The normalized spacial score (nSPS) is 22.8. The number of hydrogen-bond acceptors (Lipinski definition) is 6. The summed E-state index contributed by atoms with van der Waals surface area (Å²) in [6, 6.07) is 11.8. The van der Waals surface area contributed by atoms with Gasteiger partial charge in [0.1, 0.15) is 24.7 Å². The van der Waals surface area contributed by atoms with E-state index in [-0.39, 0.29) is 25.4 Å². The van der Waals surface area contributed by atoms with Crippen LogP contribution in [0.2, 0.25) is 0 Å². The highest BCUT2D eigenvalue weighted by Crippen LogP contribution is 2.54. The SMILES string of the molecule is C=CCOC(=O)c1ccc(COc2ccc3c(c2)C2C(=O)CC3C(C(=O)O)C2C(=O)O)cc1. The molecule has 4 atom stereocenters. The summed E-state index contributed by atoms with van der Waals surface area (Å²) >= 11 is 0. The second-order valence-electron chi connectivity index (χ2n) is 8.15. The van der Waals surface area contributed by atoms with Crippen LogP contribution in [0.15, 0.2) is 55.1 Å². The van der Waals surface area contributed by atoms with Crippen LogP contribution in [-0.2, 0) is 25.7 Å². The van der Waals surface area contributed by atoms with Gasteiger partial charge in [-0.05, 0) is 41.0 Å². The van der Waals surface area contributed by atoms with E-state index in [0.29, 0.717) is 22.4 Å². The number of fused-ring (bicyclic) bond motifs is 2. The predicted octanol–water partition coefficient (Wildman–Crippen LogP) is 3.16. The lowest BCUT2D eigenvalue weighted by molar-refractivity contribution is -0.160. The van der Waals surface area contributed by atoms with Crippen LogP contribution in [-0.4, -0.2) is 40.5 Å². The largest absolute Gasteiger partial charge is 0.489 e. The molecule has 5 rings (SSSR count). The Morgan fingerprint density at radius 1 is 1.00 bits per heavy atom. The van der Waals surface area contributed by atoms with E-state index < -0.39 is 41.6 Å². The molecule has 3 aliphatic rings. The Morgan fingerprint density at radius 2 is 1.70 bits per heavy atom. The van der Waals surface area contributed by atoms with E-state index in [1.807, 2.05) is 0 Å². The van der Waals surface area contributed by atoms with E-state index in [4.69, 9.17) is 9.47 Å². The van der Waals surface area contributed by atoms with Crippen LogP contribution in [0.25, 0.3) is 0 Å². The van der Waals surface area contributed by atoms with Crippen molar-refractivity contribution >= 4 is 23.7 Å². The number of carboxylic acid groups (broad SMARTS) is 2. The zero-order valence-electron chi connectivity index (χ0n) is 17.6. The maximum absolute atomic E-state index is 12.6. The molecule has 170 valence electrons. The number of Topliss-reactive ketones (excluding diaryl/α,β-unsaturated/α-hetero) is 1. The van der Waals surface area contributed by atoms with Gasteiger partial charge in [0, 0.05) is 12.3 Å². The van der Waals surface area contributed by atoms with Crippen molar-refractivity contribution in [3.8, 4) is 5.75 Å². The quantitative estimate of drug-likeness (QED) is 0.464. The molecule has 8 nitrogen and oxygen atoms in total. The van der Waals surface area contributed by atoms with E-state index in [0.717, 1.165) is 5.56 Å². The zero-order chi connectivity index (χ0) is 23.7. The number of carbonyl (C=O) groups excluding carboxylic acids is 2. The molecule has 4 unspecified atom stereocenters. The summed E-state index contributed by atoms with van der Waals surface area (Å²) in [5.41, 5.74) is 2.41. The molecule has 1 fully saturated rings. The van der Waals surface area contributed by atoms with E-state index in [9.17, 15) is 29.4 Å². The van der Waals surface area contributed by atoms with Gasteiger partial charge in [-0.3, -0.25) is 14.4 Å². The molecule has 1 saturated carbocycles. The maximum atomic E-state index is 12.6. The van der Waals surface area contributed by atoms with Gasteiger partial charge >= 0.3 is 17.9 Å². The van der Waals surface area contributed by atoms with E-state index in [1.165, 1.54) is 6.08 Å². The minimum atomic E-state index is -1.30. The van der Waals surface area contributed by atoms with Gasteiger partial charge in [0.2, 0.25) is 0 Å². The van der Waals surface area contributed by atoms with Gasteiger partial charge in [-0.2, -0.15) is 0 Å². The minimum Gasteiger partial charge on any atom is -0.489 e. The zero-order valence-corrected chi connectivity index (χ0v) is 17.6. The summed E-state index contributed by atoms with van der Waals surface area (Å²) < 4.78 is 10.8. The summed E-state index contributed by atoms with van der Waals surface area (Å²) in [7, 11) is 0.